The number of ether oxygens (including phenoxy) is 2. The molecule has 5 fully saturated rings. The first-order chi connectivity index (χ1) is 34.7. The number of carbonyl (C=O) groups excluding carboxylic acids is 4. The van der Waals surface area contributed by atoms with Gasteiger partial charge in [0.25, 0.3) is 11.8 Å². The Hall–Kier alpha value is -7.74. The number of amides is 4. The van der Waals surface area contributed by atoms with Crippen LogP contribution in [0, 0.1) is 11.8 Å². The van der Waals surface area contributed by atoms with Gasteiger partial charge in [-0.3, -0.25) is 9.59 Å². The van der Waals surface area contributed by atoms with Gasteiger partial charge in [-0.1, -0.05) is 97.4 Å². The van der Waals surface area contributed by atoms with E-state index in [9.17, 15) is 19.2 Å². The minimum absolute atomic E-state index is 0.0594. The highest BCUT2D eigenvalue weighted by atomic mass is 16.5. The predicted molar refractivity (Wildman–Crippen MR) is 269 cm³/mol. The predicted octanol–water partition coefficient (Wildman–Crippen LogP) is 10.6. The molecule has 0 radical (unpaired) electrons. The summed E-state index contributed by atoms with van der Waals surface area (Å²) in [6.07, 6.45) is 6.88. The zero-order valence-corrected chi connectivity index (χ0v) is 39.6. The van der Waals surface area contributed by atoms with Gasteiger partial charge in [0.15, 0.2) is 0 Å². The van der Waals surface area contributed by atoms with Crippen molar-refractivity contribution in [1.29, 1.82) is 0 Å². The first-order valence-corrected chi connectivity index (χ1v) is 25.0. The molecule has 14 nitrogen and oxygen atoms in total. The van der Waals surface area contributed by atoms with Crippen molar-refractivity contribution in [3.8, 4) is 11.1 Å². The van der Waals surface area contributed by atoms with Crippen LogP contribution >= 0.6 is 0 Å². The van der Waals surface area contributed by atoms with E-state index in [-0.39, 0.29) is 41.9 Å². The van der Waals surface area contributed by atoms with E-state index in [0.717, 1.165) is 104 Å². The van der Waals surface area contributed by atoms with Crippen LogP contribution in [0.2, 0.25) is 0 Å². The minimum atomic E-state index is -0.888. The number of nitrogens with one attached hydrogen (secondary N) is 4. The molecule has 6 aromatic carbocycles. The fraction of sp³-hybridized carbons (Fsp3) is 0.333. The smallest absolute Gasteiger partial charge is 0.407 e. The second kappa shape index (κ2) is 17.0. The average Bonchev–Trinajstić information content (AvgIpc) is 3.98. The van der Waals surface area contributed by atoms with Crippen LogP contribution in [-0.2, 0) is 19.1 Å². The highest BCUT2D eigenvalue weighted by Gasteiger charge is 2.56. The number of methoxy groups -OCH3 is 2. The van der Waals surface area contributed by atoms with Gasteiger partial charge in [0.05, 0.1) is 48.4 Å². The third-order valence-corrected chi connectivity index (χ3v) is 16.5. The second-order valence-corrected chi connectivity index (χ2v) is 20.4. The fourth-order valence-electron chi connectivity index (χ4n) is 12.6. The average molecular weight is 947 g/mol. The molecule has 8 atom stereocenters. The number of benzene rings is 6. The molecule has 2 saturated heterocycles. The number of piperidine rings is 2. The summed E-state index contributed by atoms with van der Waals surface area (Å²) in [6.45, 7) is 0. The highest BCUT2D eigenvalue weighted by Crippen LogP contribution is 2.54. The highest BCUT2D eigenvalue weighted by molar-refractivity contribution is 6.08. The summed E-state index contributed by atoms with van der Waals surface area (Å²) in [5, 5.41) is 9.87. The molecule has 2 aromatic heterocycles. The zero-order chi connectivity index (χ0) is 48.1. The van der Waals surface area contributed by atoms with Gasteiger partial charge >= 0.3 is 12.2 Å². The lowest BCUT2D eigenvalue weighted by Crippen LogP contribution is -2.47. The Morgan fingerprint density at radius 3 is 1.80 bits per heavy atom. The van der Waals surface area contributed by atoms with Crippen molar-refractivity contribution < 1.29 is 28.7 Å². The maximum atomic E-state index is 14.6. The molecule has 2 aliphatic heterocycles. The lowest BCUT2D eigenvalue weighted by Gasteiger charge is -2.36. The SMILES string of the molecule is COC(=O)N[C@@H](C(=O)N1[C@@H]2CC[C@@H](C2)[C@H]1c1nc2ccc3cc(-c4ccc5c(ccc6nc([C@@H]7C[C@H]8C[C@H]8N7C(=O)[C@H](NC(=O)OC)c7ccc(C8CCC8)cc7)[nH]c65)c4)ccc3c2[nH]1)c1ccccc1. The molecule has 4 amide bonds. The van der Waals surface area contributed by atoms with Crippen LogP contribution in [0.4, 0.5) is 9.59 Å². The molecular weight excluding hydrogens is 893 g/mol. The number of H-pyrrole nitrogens is 2. The molecule has 3 saturated carbocycles. The van der Waals surface area contributed by atoms with Crippen molar-refractivity contribution >= 4 is 67.6 Å². The molecule has 0 spiro atoms. The van der Waals surface area contributed by atoms with E-state index >= 15 is 0 Å². The number of alkyl carbamates (subject to hydrolysis) is 2. The largest absolute Gasteiger partial charge is 0.453 e. The molecule has 3 aliphatic carbocycles. The first kappa shape index (κ1) is 43.3. The normalized spacial score (nSPS) is 23.2. The van der Waals surface area contributed by atoms with Gasteiger partial charge in [0.2, 0.25) is 0 Å². The number of aromatic nitrogens is 4. The lowest BCUT2D eigenvalue weighted by molar-refractivity contribution is -0.138. The van der Waals surface area contributed by atoms with Gasteiger partial charge in [0.1, 0.15) is 23.7 Å². The Kier molecular flexibility index (Phi) is 10.4. The van der Waals surface area contributed by atoms with E-state index in [1.165, 1.54) is 39.0 Å². The Morgan fingerprint density at radius 1 is 0.606 bits per heavy atom. The molecule has 71 heavy (non-hydrogen) atoms. The van der Waals surface area contributed by atoms with Gasteiger partial charge < -0.3 is 39.9 Å². The van der Waals surface area contributed by atoms with Crippen molar-refractivity contribution in [3.05, 3.63) is 144 Å². The number of imidazole rings is 2. The number of carbonyl (C=O) groups is 4. The van der Waals surface area contributed by atoms with Gasteiger partial charge in [-0.25, -0.2) is 19.6 Å². The molecule has 5 aliphatic rings. The molecule has 4 N–H and O–H groups in total. The third kappa shape index (κ3) is 7.36. The molecule has 2 bridgehead atoms. The van der Waals surface area contributed by atoms with Gasteiger partial charge in [-0.15, -0.1) is 0 Å². The van der Waals surface area contributed by atoms with E-state index in [1.807, 2.05) is 64.4 Å². The number of hydrogen-bond donors (Lipinski definition) is 4. The third-order valence-electron chi connectivity index (χ3n) is 16.5. The van der Waals surface area contributed by atoms with Gasteiger partial charge in [0, 0.05) is 22.9 Å². The fourth-order valence-corrected chi connectivity index (χ4v) is 12.6. The van der Waals surface area contributed by atoms with Crippen molar-refractivity contribution in [2.45, 2.75) is 93.5 Å². The number of hydrogen-bond acceptors (Lipinski definition) is 8. The maximum Gasteiger partial charge on any atom is 0.407 e. The topological polar surface area (TPSA) is 175 Å². The Balaban J connectivity index is 0.773. The van der Waals surface area contributed by atoms with Crippen LogP contribution in [0.5, 0.6) is 0 Å². The summed E-state index contributed by atoms with van der Waals surface area (Å²) >= 11 is 0. The van der Waals surface area contributed by atoms with Crippen LogP contribution in [0.25, 0.3) is 54.7 Å². The molecule has 4 heterocycles. The Labute approximate surface area is 409 Å². The zero-order valence-electron chi connectivity index (χ0n) is 39.6. The van der Waals surface area contributed by atoms with Crippen molar-refractivity contribution in [1.82, 2.24) is 40.4 Å². The van der Waals surface area contributed by atoms with Crippen molar-refractivity contribution in [2.24, 2.45) is 11.8 Å². The number of aromatic amines is 2. The van der Waals surface area contributed by atoms with Crippen LogP contribution < -0.4 is 10.6 Å². The Morgan fingerprint density at radius 2 is 1.20 bits per heavy atom. The molecule has 13 rings (SSSR count). The first-order valence-electron chi connectivity index (χ1n) is 25.0. The summed E-state index contributed by atoms with van der Waals surface area (Å²) in [6, 6.07) is 36.7. The monoisotopic (exact) mass is 946 g/mol. The summed E-state index contributed by atoms with van der Waals surface area (Å²) < 4.78 is 9.94. The number of rotatable bonds is 10. The molecule has 8 aromatic rings. The van der Waals surface area contributed by atoms with Crippen LogP contribution in [0.1, 0.15) is 110 Å². The molecular formula is C57H54N8O6. The molecule has 14 heteroatoms. The van der Waals surface area contributed by atoms with Crippen LogP contribution in [0.3, 0.4) is 0 Å². The molecule has 358 valence electrons. The van der Waals surface area contributed by atoms with Crippen LogP contribution in [0.15, 0.2) is 115 Å². The maximum absolute atomic E-state index is 14.6. The molecule has 0 unspecified atom stereocenters. The lowest BCUT2D eigenvalue weighted by atomic mass is 9.80. The quantitative estimate of drug-likeness (QED) is 0.105. The number of likely N-dealkylation sites (tertiary alicyclic amines) is 2. The van der Waals surface area contributed by atoms with Crippen molar-refractivity contribution in [2.75, 3.05) is 14.2 Å². The van der Waals surface area contributed by atoms with E-state index in [0.29, 0.717) is 17.4 Å². The van der Waals surface area contributed by atoms with Gasteiger partial charge in [-0.2, -0.15) is 0 Å². The summed E-state index contributed by atoms with van der Waals surface area (Å²) in [7, 11) is 2.63. The van der Waals surface area contributed by atoms with E-state index in [1.54, 1.807) is 0 Å². The van der Waals surface area contributed by atoms with E-state index < -0.39 is 24.3 Å². The summed E-state index contributed by atoms with van der Waals surface area (Å²) in [5.74, 6) is 2.41. The van der Waals surface area contributed by atoms with Gasteiger partial charge in [-0.05, 0) is 126 Å². The number of nitrogens with zero attached hydrogens (tertiary/aromatic N) is 4. The summed E-state index contributed by atoms with van der Waals surface area (Å²) in [4.78, 5) is 75.9. The Bertz CT molecular complexity index is 3440. The van der Waals surface area contributed by atoms with Crippen molar-refractivity contribution in [3.63, 3.8) is 0 Å². The number of fused-ring (bicyclic) bond motifs is 9. The van der Waals surface area contributed by atoms with Crippen LogP contribution in [-0.4, -0.2) is 80.0 Å². The summed E-state index contributed by atoms with van der Waals surface area (Å²) in [5.41, 5.74) is 8.39. The standard InChI is InChI=1S/C57H54N8O6/c1-70-56(68)62-47(32-7-4-3-5-8-32)54(66)64-40-20-15-38(27-40)51(64)53-59-44-24-19-37-26-35(17-22-42(37)50(44)61-53)34-16-21-41-36(25-34)18-23-43-49(41)60-52(58-43)46-29-39-28-45(39)65(46)55(67)48(63-57(69)71-2)33-13-11-31(12-14-33)30-9-6-10-30/h3-5,7-8,11-14,16-19,21-26,30,38-40,45-48,51H,6,9-10,15,20,27-29H2,1-2H3,(H,58,60)(H,59,61)(H,62,68)(H,63,69)/t38-,39+,40+,45+,46-,47+,48+,51-/m0/s1. The second-order valence-electron chi connectivity index (χ2n) is 20.4. The van der Waals surface area contributed by atoms with E-state index in [2.05, 4.69) is 81.3 Å². The minimum Gasteiger partial charge on any atom is -0.453 e. The van der Waals surface area contributed by atoms with E-state index in [4.69, 9.17) is 19.4 Å².